The van der Waals surface area contributed by atoms with Crippen molar-refractivity contribution in [2.75, 3.05) is 25.0 Å². The van der Waals surface area contributed by atoms with Crippen LogP contribution in [-0.2, 0) is 16.0 Å². The van der Waals surface area contributed by atoms with Gasteiger partial charge in [0.2, 0.25) is 11.8 Å². The number of carbonyl (C=O) groups is 2. The molecule has 0 unspecified atom stereocenters. The molecule has 2 aromatic rings. The van der Waals surface area contributed by atoms with E-state index in [0.29, 0.717) is 31.2 Å². The zero-order chi connectivity index (χ0) is 20.8. The lowest BCUT2D eigenvalue weighted by Gasteiger charge is -2.31. The van der Waals surface area contributed by atoms with Gasteiger partial charge in [-0.2, -0.15) is 0 Å². The number of likely N-dealkylation sites (tertiary alicyclic amines) is 1. The van der Waals surface area contributed by atoms with E-state index in [1.807, 2.05) is 47.4 Å². The number of rotatable bonds is 6. The zero-order valence-corrected chi connectivity index (χ0v) is 17.0. The molecule has 156 valence electrons. The molecule has 0 bridgehead atoms. The van der Waals surface area contributed by atoms with Crippen molar-refractivity contribution in [3.8, 4) is 5.75 Å². The number of amides is 2. The molecule has 3 heterocycles. The van der Waals surface area contributed by atoms with Gasteiger partial charge >= 0.3 is 0 Å². The molecule has 6 heteroatoms. The summed E-state index contributed by atoms with van der Waals surface area (Å²) in [5, 5.41) is 2.77. The SMILES string of the molecule is O=C1CCc2cc(/C=C/C(=O)N3CCC(CCOc4ccccc4)CC3)cnc2N1. The predicted octanol–water partition coefficient (Wildman–Crippen LogP) is 3.69. The third kappa shape index (κ3) is 5.26. The Morgan fingerprint density at radius 1 is 1.20 bits per heavy atom. The van der Waals surface area contributed by atoms with Gasteiger partial charge in [-0.15, -0.1) is 0 Å². The van der Waals surface area contributed by atoms with Gasteiger partial charge < -0.3 is 15.0 Å². The van der Waals surface area contributed by atoms with Crippen molar-refractivity contribution in [3.05, 3.63) is 59.8 Å². The quantitative estimate of drug-likeness (QED) is 0.744. The van der Waals surface area contributed by atoms with Crippen molar-refractivity contribution in [1.82, 2.24) is 9.88 Å². The van der Waals surface area contributed by atoms with Crippen molar-refractivity contribution in [3.63, 3.8) is 0 Å². The second-order valence-corrected chi connectivity index (χ2v) is 7.88. The van der Waals surface area contributed by atoms with Crippen molar-refractivity contribution in [2.45, 2.75) is 32.1 Å². The van der Waals surface area contributed by atoms with E-state index in [4.69, 9.17) is 4.74 Å². The van der Waals surface area contributed by atoms with E-state index in [-0.39, 0.29) is 11.8 Å². The first-order valence-electron chi connectivity index (χ1n) is 10.6. The summed E-state index contributed by atoms with van der Waals surface area (Å²) in [5.74, 6) is 2.19. The average Bonchev–Trinajstić information content (AvgIpc) is 2.78. The number of ether oxygens (including phenoxy) is 1. The number of piperidine rings is 1. The lowest BCUT2D eigenvalue weighted by atomic mass is 9.94. The number of para-hydroxylation sites is 1. The maximum absolute atomic E-state index is 12.5. The highest BCUT2D eigenvalue weighted by molar-refractivity contribution is 5.93. The van der Waals surface area contributed by atoms with E-state index in [2.05, 4.69) is 10.3 Å². The monoisotopic (exact) mass is 405 g/mol. The Kier molecular flexibility index (Phi) is 6.42. The Balaban J connectivity index is 1.22. The fraction of sp³-hybridized carbons (Fsp3) is 0.375. The van der Waals surface area contributed by atoms with Crippen molar-refractivity contribution in [1.29, 1.82) is 0 Å². The minimum absolute atomic E-state index is 0.00324. The second-order valence-electron chi connectivity index (χ2n) is 7.88. The number of nitrogens with zero attached hydrogens (tertiary/aromatic N) is 2. The average molecular weight is 405 g/mol. The molecule has 1 saturated heterocycles. The predicted molar refractivity (Wildman–Crippen MR) is 116 cm³/mol. The van der Waals surface area contributed by atoms with E-state index in [1.54, 1.807) is 12.3 Å². The van der Waals surface area contributed by atoms with Crippen LogP contribution in [0.4, 0.5) is 5.82 Å². The van der Waals surface area contributed by atoms with E-state index in [0.717, 1.165) is 49.2 Å². The molecule has 1 aromatic carbocycles. The van der Waals surface area contributed by atoms with Crippen LogP contribution in [0.3, 0.4) is 0 Å². The number of benzene rings is 1. The minimum atomic E-state index is 0.00324. The standard InChI is InChI=1S/C24H27N3O3/c28-22-8-7-20-16-19(17-25-24(20)26-22)6-9-23(29)27-13-10-18(11-14-27)12-15-30-21-4-2-1-3-5-21/h1-6,9,16-18H,7-8,10-15H2,(H,25,26,28)/b9-6+. The third-order valence-corrected chi connectivity index (χ3v) is 5.75. The van der Waals surface area contributed by atoms with Gasteiger partial charge in [0, 0.05) is 31.8 Å². The molecular weight excluding hydrogens is 378 g/mol. The molecule has 0 saturated carbocycles. The first-order valence-corrected chi connectivity index (χ1v) is 10.6. The van der Waals surface area contributed by atoms with Gasteiger partial charge in [0.05, 0.1) is 6.61 Å². The van der Waals surface area contributed by atoms with Gasteiger partial charge in [-0.25, -0.2) is 4.98 Å². The molecule has 30 heavy (non-hydrogen) atoms. The molecule has 2 aliphatic rings. The van der Waals surface area contributed by atoms with Crippen LogP contribution < -0.4 is 10.1 Å². The number of anilines is 1. The smallest absolute Gasteiger partial charge is 0.246 e. The van der Waals surface area contributed by atoms with E-state index >= 15 is 0 Å². The summed E-state index contributed by atoms with van der Waals surface area (Å²) >= 11 is 0. The number of fused-ring (bicyclic) bond motifs is 1. The normalized spacial score (nSPS) is 16.9. The first-order chi connectivity index (χ1) is 14.7. The number of nitrogens with one attached hydrogen (secondary N) is 1. The Morgan fingerprint density at radius 3 is 2.80 bits per heavy atom. The van der Waals surface area contributed by atoms with E-state index in [1.165, 1.54) is 0 Å². The van der Waals surface area contributed by atoms with Gasteiger partial charge in [-0.1, -0.05) is 18.2 Å². The molecule has 0 aliphatic carbocycles. The summed E-state index contributed by atoms with van der Waals surface area (Å²) in [5.41, 5.74) is 1.90. The molecule has 2 amide bonds. The highest BCUT2D eigenvalue weighted by atomic mass is 16.5. The zero-order valence-electron chi connectivity index (χ0n) is 17.0. The second kappa shape index (κ2) is 9.57. The Bertz CT molecular complexity index is 919. The minimum Gasteiger partial charge on any atom is -0.494 e. The number of carbonyl (C=O) groups excluding carboxylic acids is 2. The van der Waals surface area contributed by atoms with Crippen molar-refractivity contribution in [2.24, 2.45) is 5.92 Å². The van der Waals surface area contributed by atoms with E-state index < -0.39 is 0 Å². The molecule has 0 spiro atoms. The largest absolute Gasteiger partial charge is 0.494 e. The van der Waals surface area contributed by atoms with Gasteiger partial charge in [0.25, 0.3) is 0 Å². The topological polar surface area (TPSA) is 71.5 Å². The number of hydrogen-bond donors (Lipinski definition) is 1. The van der Waals surface area contributed by atoms with Gasteiger partial charge in [-0.05, 0) is 67.0 Å². The van der Waals surface area contributed by atoms with Crippen LogP contribution in [0.25, 0.3) is 6.08 Å². The van der Waals surface area contributed by atoms with Gasteiger partial charge in [-0.3, -0.25) is 9.59 Å². The molecule has 0 atom stereocenters. The fourth-order valence-corrected chi connectivity index (χ4v) is 3.94. The van der Waals surface area contributed by atoms with E-state index in [9.17, 15) is 9.59 Å². The molecule has 1 aromatic heterocycles. The molecule has 2 aliphatic heterocycles. The molecule has 1 N–H and O–H groups in total. The summed E-state index contributed by atoms with van der Waals surface area (Å²) in [6.45, 7) is 2.29. The highest BCUT2D eigenvalue weighted by Crippen LogP contribution is 2.23. The van der Waals surface area contributed by atoms with Crippen molar-refractivity contribution < 1.29 is 14.3 Å². The lowest BCUT2D eigenvalue weighted by Crippen LogP contribution is -2.37. The number of aromatic nitrogens is 1. The first kappa shape index (κ1) is 20.1. The number of pyridine rings is 1. The molecule has 1 fully saturated rings. The van der Waals surface area contributed by atoms with Crippen LogP contribution in [0.2, 0.25) is 0 Å². The van der Waals surface area contributed by atoms with Crippen LogP contribution in [0.1, 0.15) is 36.8 Å². The summed E-state index contributed by atoms with van der Waals surface area (Å²) in [6.07, 6.45) is 9.33. The summed E-state index contributed by atoms with van der Waals surface area (Å²) in [6, 6.07) is 11.9. The number of aryl methyl sites for hydroxylation is 1. The molecule has 4 rings (SSSR count). The Hall–Kier alpha value is -3.15. The van der Waals surface area contributed by atoms with Crippen LogP contribution in [0, 0.1) is 5.92 Å². The van der Waals surface area contributed by atoms with Crippen molar-refractivity contribution >= 4 is 23.7 Å². The molecule has 6 nitrogen and oxygen atoms in total. The highest BCUT2D eigenvalue weighted by Gasteiger charge is 2.21. The van der Waals surface area contributed by atoms with Gasteiger partial charge in [0.15, 0.2) is 0 Å². The maximum atomic E-state index is 12.5. The lowest BCUT2D eigenvalue weighted by molar-refractivity contribution is -0.127. The van der Waals surface area contributed by atoms with Crippen LogP contribution in [0.5, 0.6) is 5.75 Å². The Morgan fingerprint density at radius 2 is 2.00 bits per heavy atom. The number of hydrogen-bond acceptors (Lipinski definition) is 4. The van der Waals surface area contributed by atoms with Crippen LogP contribution >= 0.6 is 0 Å². The Labute approximate surface area is 176 Å². The summed E-state index contributed by atoms with van der Waals surface area (Å²) in [7, 11) is 0. The molecular formula is C24H27N3O3. The summed E-state index contributed by atoms with van der Waals surface area (Å²) in [4.78, 5) is 30.2. The van der Waals surface area contributed by atoms with Crippen LogP contribution in [0.15, 0.2) is 48.7 Å². The third-order valence-electron chi connectivity index (χ3n) is 5.75. The van der Waals surface area contributed by atoms with Crippen LogP contribution in [-0.4, -0.2) is 41.4 Å². The summed E-state index contributed by atoms with van der Waals surface area (Å²) < 4.78 is 5.80. The molecule has 0 radical (unpaired) electrons. The van der Waals surface area contributed by atoms with Gasteiger partial charge in [0.1, 0.15) is 11.6 Å². The fourth-order valence-electron chi connectivity index (χ4n) is 3.94. The maximum Gasteiger partial charge on any atom is 0.246 e.